The van der Waals surface area contributed by atoms with Crippen molar-refractivity contribution in [1.82, 2.24) is 15.0 Å². The highest BCUT2D eigenvalue weighted by atomic mass is 32.2. The molecular weight excluding hydrogens is 322 g/mol. The Morgan fingerprint density at radius 1 is 0.792 bits per heavy atom. The van der Waals surface area contributed by atoms with Crippen LogP contribution in [0.1, 0.15) is 25.7 Å². The molecule has 0 bridgehead atoms. The maximum Gasteiger partial charge on any atom is 0.198 e. The van der Waals surface area contributed by atoms with Gasteiger partial charge in [0.25, 0.3) is 0 Å². The molecule has 1 fully saturated rings. The molecule has 2 heterocycles. The molecule has 0 unspecified atom stereocenters. The van der Waals surface area contributed by atoms with Crippen molar-refractivity contribution >= 4 is 20.9 Å². The molecule has 1 aromatic carbocycles. The first-order valence-electron chi connectivity index (χ1n) is 8.06. The van der Waals surface area contributed by atoms with Gasteiger partial charge in [-0.2, -0.15) is 0 Å². The van der Waals surface area contributed by atoms with Crippen LogP contribution in [0.15, 0.2) is 53.9 Å². The largest absolute Gasteiger partial charge is 0.253 e. The number of hydrogen-bond acceptors (Lipinski definition) is 5. The lowest BCUT2D eigenvalue weighted by atomic mass is 10.1. The van der Waals surface area contributed by atoms with Crippen LogP contribution in [0.3, 0.4) is 0 Å². The first-order chi connectivity index (χ1) is 11.6. The van der Waals surface area contributed by atoms with E-state index in [9.17, 15) is 8.42 Å². The SMILES string of the molecule is O=S(=O)(c1cc(-c2ccc3nccnc3c2)ccn1)C1CCCC1. The average molecular weight is 339 g/mol. The van der Waals surface area contributed by atoms with E-state index in [0.717, 1.165) is 47.8 Å². The van der Waals surface area contributed by atoms with Crippen molar-refractivity contribution in [2.45, 2.75) is 36.0 Å². The molecule has 24 heavy (non-hydrogen) atoms. The summed E-state index contributed by atoms with van der Waals surface area (Å²) in [4.78, 5) is 12.7. The van der Waals surface area contributed by atoms with Gasteiger partial charge >= 0.3 is 0 Å². The van der Waals surface area contributed by atoms with Crippen LogP contribution in [0.25, 0.3) is 22.2 Å². The first kappa shape index (κ1) is 15.2. The molecule has 1 aliphatic carbocycles. The summed E-state index contributed by atoms with van der Waals surface area (Å²) in [5.74, 6) is 0. The summed E-state index contributed by atoms with van der Waals surface area (Å²) >= 11 is 0. The Hall–Kier alpha value is -2.34. The normalized spacial score (nSPS) is 15.8. The van der Waals surface area contributed by atoms with Gasteiger partial charge in [-0.15, -0.1) is 0 Å². The van der Waals surface area contributed by atoms with Crippen LogP contribution in [0.5, 0.6) is 0 Å². The zero-order chi connectivity index (χ0) is 16.6. The van der Waals surface area contributed by atoms with E-state index in [4.69, 9.17) is 0 Å². The molecule has 0 spiro atoms. The van der Waals surface area contributed by atoms with Crippen LogP contribution in [0.2, 0.25) is 0 Å². The summed E-state index contributed by atoms with van der Waals surface area (Å²) in [6.45, 7) is 0. The van der Waals surface area contributed by atoms with Gasteiger partial charge in [0, 0.05) is 18.6 Å². The van der Waals surface area contributed by atoms with Gasteiger partial charge in [0.05, 0.1) is 16.3 Å². The highest BCUT2D eigenvalue weighted by Gasteiger charge is 2.31. The van der Waals surface area contributed by atoms with E-state index >= 15 is 0 Å². The topological polar surface area (TPSA) is 72.8 Å². The molecule has 4 rings (SSSR count). The van der Waals surface area contributed by atoms with Gasteiger partial charge in [0.2, 0.25) is 0 Å². The van der Waals surface area contributed by atoms with Crippen LogP contribution >= 0.6 is 0 Å². The van der Waals surface area contributed by atoms with Crippen LogP contribution in [-0.4, -0.2) is 28.6 Å². The fourth-order valence-corrected chi connectivity index (χ4v) is 5.05. The quantitative estimate of drug-likeness (QED) is 0.731. The smallest absolute Gasteiger partial charge is 0.198 e. The second-order valence-electron chi connectivity index (χ2n) is 6.09. The molecular formula is C18H17N3O2S. The van der Waals surface area contributed by atoms with Crippen molar-refractivity contribution in [3.8, 4) is 11.1 Å². The first-order valence-corrected chi connectivity index (χ1v) is 9.60. The summed E-state index contributed by atoms with van der Waals surface area (Å²) in [5.41, 5.74) is 3.34. The Kier molecular flexibility index (Phi) is 3.76. The van der Waals surface area contributed by atoms with Crippen molar-refractivity contribution < 1.29 is 8.42 Å². The lowest BCUT2D eigenvalue weighted by Gasteiger charge is -2.11. The maximum atomic E-state index is 12.7. The van der Waals surface area contributed by atoms with Crippen molar-refractivity contribution in [3.05, 3.63) is 48.9 Å². The minimum atomic E-state index is -3.35. The van der Waals surface area contributed by atoms with E-state index in [2.05, 4.69) is 15.0 Å². The number of rotatable bonds is 3. The Labute approximate surface area is 140 Å². The van der Waals surface area contributed by atoms with Crippen LogP contribution in [0.4, 0.5) is 0 Å². The van der Waals surface area contributed by atoms with Gasteiger partial charge in [0.1, 0.15) is 0 Å². The molecule has 1 saturated carbocycles. The summed E-state index contributed by atoms with van der Waals surface area (Å²) in [7, 11) is -3.35. The molecule has 2 aromatic heterocycles. The van der Waals surface area contributed by atoms with Crippen molar-refractivity contribution in [1.29, 1.82) is 0 Å². The summed E-state index contributed by atoms with van der Waals surface area (Å²) < 4.78 is 25.5. The minimum absolute atomic E-state index is 0.172. The Balaban J connectivity index is 1.76. The Morgan fingerprint density at radius 3 is 2.29 bits per heavy atom. The third-order valence-electron chi connectivity index (χ3n) is 4.57. The third-order valence-corrected chi connectivity index (χ3v) is 6.73. The van der Waals surface area contributed by atoms with Gasteiger partial charge in [-0.3, -0.25) is 9.97 Å². The summed E-state index contributed by atoms with van der Waals surface area (Å²) in [5, 5.41) is -0.117. The predicted molar refractivity (Wildman–Crippen MR) is 92.2 cm³/mol. The molecule has 0 N–H and O–H groups in total. The van der Waals surface area contributed by atoms with Crippen molar-refractivity contribution in [3.63, 3.8) is 0 Å². The monoisotopic (exact) mass is 339 g/mol. The number of benzene rings is 1. The molecule has 0 atom stereocenters. The standard InChI is InChI=1S/C18H17N3O2S/c22-24(23,15-3-1-2-4-15)18-12-14(7-8-21-18)13-5-6-16-17(11-13)20-10-9-19-16/h5-12,15H,1-4H2. The molecule has 0 saturated heterocycles. The van der Waals surface area contributed by atoms with Gasteiger partial charge in [-0.25, -0.2) is 13.4 Å². The van der Waals surface area contributed by atoms with E-state index in [1.807, 2.05) is 24.3 Å². The van der Waals surface area contributed by atoms with Crippen LogP contribution in [-0.2, 0) is 9.84 Å². The minimum Gasteiger partial charge on any atom is -0.253 e. The van der Waals surface area contributed by atoms with E-state index < -0.39 is 9.84 Å². The lowest BCUT2D eigenvalue weighted by Crippen LogP contribution is -2.18. The van der Waals surface area contributed by atoms with E-state index in [1.165, 1.54) is 0 Å². The van der Waals surface area contributed by atoms with Gasteiger partial charge in [-0.1, -0.05) is 18.9 Å². The second kappa shape index (κ2) is 5.94. The third kappa shape index (κ3) is 2.67. The molecule has 1 aliphatic rings. The van der Waals surface area contributed by atoms with Gasteiger partial charge in [0.15, 0.2) is 14.9 Å². The number of nitrogens with zero attached hydrogens (tertiary/aromatic N) is 3. The number of pyridine rings is 1. The highest BCUT2D eigenvalue weighted by molar-refractivity contribution is 7.92. The summed E-state index contributed by atoms with van der Waals surface area (Å²) in [6, 6.07) is 9.24. The molecule has 6 heteroatoms. The fraction of sp³-hybridized carbons (Fsp3) is 0.278. The van der Waals surface area contributed by atoms with Gasteiger partial charge < -0.3 is 0 Å². The molecule has 5 nitrogen and oxygen atoms in total. The average Bonchev–Trinajstić information content (AvgIpc) is 3.17. The molecule has 0 aliphatic heterocycles. The molecule has 0 amide bonds. The van der Waals surface area contributed by atoms with Crippen molar-refractivity contribution in [2.24, 2.45) is 0 Å². The zero-order valence-corrected chi connectivity index (χ0v) is 13.9. The van der Waals surface area contributed by atoms with E-state index in [1.54, 1.807) is 24.7 Å². The number of hydrogen-bond donors (Lipinski definition) is 0. The number of aromatic nitrogens is 3. The van der Waals surface area contributed by atoms with Crippen LogP contribution < -0.4 is 0 Å². The highest BCUT2D eigenvalue weighted by Crippen LogP contribution is 2.30. The Morgan fingerprint density at radius 2 is 1.50 bits per heavy atom. The predicted octanol–water partition coefficient (Wildman–Crippen LogP) is 3.41. The van der Waals surface area contributed by atoms with E-state index in [-0.39, 0.29) is 10.3 Å². The lowest BCUT2D eigenvalue weighted by molar-refractivity contribution is 0.576. The zero-order valence-electron chi connectivity index (χ0n) is 13.1. The number of sulfone groups is 1. The second-order valence-corrected chi connectivity index (χ2v) is 8.27. The fourth-order valence-electron chi connectivity index (χ4n) is 3.26. The van der Waals surface area contributed by atoms with Crippen molar-refractivity contribution in [2.75, 3.05) is 0 Å². The van der Waals surface area contributed by atoms with Crippen LogP contribution in [0, 0.1) is 0 Å². The number of fused-ring (bicyclic) bond motifs is 1. The van der Waals surface area contributed by atoms with E-state index in [0.29, 0.717) is 0 Å². The molecule has 3 aromatic rings. The maximum absolute atomic E-state index is 12.7. The Bertz CT molecular complexity index is 996. The summed E-state index contributed by atoms with van der Waals surface area (Å²) in [6.07, 6.45) is 8.30. The molecule has 122 valence electrons. The molecule has 0 radical (unpaired) electrons. The van der Waals surface area contributed by atoms with Gasteiger partial charge in [-0.05, 0) is 48.2 Å².